The van der Waals surface area contributed by atoms with Crippen LogP contribution in [0.25, 0.3) is 111 Å². The van der Waals surface area contributed by atoms with Gasteiger partial charge in [-0.05, 0) is 150 Å². The lowest BCUT2D eigenvalue weighted by Crippen LogP contribution is -2.15. The molecular weight excluding hydrogens is 753 g/mol. The molecule has 62 heavy (non-hydrogen) atoms. The van der Waals surface area contributed by atoms with Gasteiger partial charge < -0.3 is 8.83 Å². The van der Waals surface area contributed by atoms with E-state index in [1.54, 1.807) is 0 Å². The van der Waals surface area contributed by atoms with Crippen LogP contribution in [0.4, 0.5) is 0 Å². The molecule has 0 amide bonds. The third-order valence-corrected chi connectivity index (χ3v) is 14.3. The Balaban J connectivity index is 0.848. The van der Waals surface area contributed by atoms with Gasteiger partial charge in [-0.1, -0.05) is 149 Å². The summed E-state index contributed by atoms with van der Waals surface area (Å²) in [5, 5.41) is 4.31. The Bertz CT molecular complexity index is 3430. The van der Waals surface area contributed by atoms with E-state index in [0.29, 0.717) is 0 Å². The lowest BCUT2D eigenvalue weighted by molar-refractivity contribution is 0.633. The van der Waals surface area contributed by atoms with Crippen molar-refractivity contribution in [2.24, 2.45) is 0 Å². The third kappa shape index (κ3) is 4.98. The molecular formula is C60H42O2. The molecule has 2 aliphatic rings. The van der Waals surface area contributed by atoms with Gasteiger partial charge in [0.2, 0.25) is 0 Å². The molecule has 0 N–H and O–H groups in total. The Hall–Kier alpha value is -7.42. The minimum atomic E-state index is -0.124. The van der Waals surface area contributed by atoms with Crippen molar-refractivity contribution in [1.82, 2.24) is 0 Å². The highest BCUT2D eigenvalue weighted by Crippen LogP contribution is 2.53. The molecule has 9 aromatic carbocycles. The summed E-state index contributed by atoms with van der Waals surface area (Å²) in [6.45, 7) is 9.43. The number of hydrogen-bond acceptors (Lipinski definition) is 2. The van der Waals surface area contributed by atoms with Crippen LogP contribution in [-0.4, -0.2) is 0 Å². The van der Waals surface area contributed by atoms with Gasteiger partial charge in [-0.15, -0.1) is 0 Å². The molecule has 2 heteroatoms. The second-order valence-electron chi connectivity index (χ2n) is 18.5. The van der Waals surface area contributed by atoms with E-state index in [4.69, 9.17) is 8.83 Å². The summed E-state index contributed by atoms with van der Waals surface area (Å²) in [6.07, 6.45) is 0. The van der Waals surface area contributed by atoms with Gasteiger partial charge in [0.1, 0.15) is 11.2 Å². The van der Waals surface area contributed by atoms with Crippen molar-refractivity contribution in [1.29, 1.82) is 0 Å². The van der Waals surface area contributed by atoms with Gasteiger partial charge in [0.05, 0.1) is 0 Å². The molecule has 0 radical (unpaired) electrons. The highest BCUT2D eigenvalue weighted by molar-refractivity contribution is 6.19. The van der Waals surface area contributed by atoms with Crippen molar-refractivity contribution >= 4 is 43.9 Å². The Labute approximate surface area is 360 Å². The fourth-order valence-corrected chi connectivity index (χ4v) is 10.9. The van der Waals surface area contributed by atoms with Crippen LogP contribution in [-0.2, 0) is 10.8 Å². The summed E-state index contributed by atoms with van der Waals surface area (Å²) in [5.74, 6) is 0. The first-order chi connectivity index (χ1) is 30.2. The van der Waals surface area contributed by atoms with E-state index in [1.165, 1.54) is 89.0 Å². The second kappa shape index (κ2) is 12.6. The molecule has 0 aliphatic heterocycles. The van der Waals surface area contributed by atoms with Gasteiger partial charge >= 0.3 is 0 Å². The second-order valence-corrected chi connectivity index (χ2v) is 18.5. The van der Waals surface area contributed by atoms with Crippen molar-refractivity contribution in [3.05, 3.63) is 204 Å². The van der Waals surface area contributed by atoms with Gasteiger partial charge in [-0.2, -0.15) is 0 Å². The van der Waals surface area contributed by atoms with Crippen LogP contribution in [0.5, 0.6) is 0 Å². The summed E-state index contributed by atoms with van der Waals surface area (Å²) in [7, 11) is 0. The molecule has 0 saturated heterocycles. The number of fused-ring (bicyclic) bond motifs is 13. The summed E-state index contributed by atoms with van der Waals surface area (Å²) in [4.78, 5) is 0. The van der Waals surface area contributed by atoms with Gasteiger partial charge in [0.25, 0.3) is 0 Å². The molecule has 0 fully saturated rings. The van der Waals surface area contributed by atoms with Gasteiger partial charge in [0.15, 0.2) is 11.2 Å². The van der Waals surface area contributed by atoms with E-state index in [1.807, 2.05) is 0 Å². The van der Waals surface area contributed by atoms with Crippen LogP contribution >= 0.6 is 0 Å². The van der Waals surface area contributed by atoms with Crippen LogP contribution in [0, 0.1) is 0 Å². The lowest BCUT2D eigenvalue weighted by Gasteiger charge is -2.22. The fraction of sp³-hybridized carbons (Fsp3) is 0.100. The van der Waals surface area contributed by atoms with Crippen molar-refractivity contribution in [2.45, 2.75) is 38.5 Å². The maximum Gasteiger partial charge on any atom is 0.178 e. The maximum atomic E-state index is 6.64. The standard InChI is InChI=1S/C60H42O2/c1-59(2)51-31-39(35-11-7-5-8-12-35)15-21-43(51)45-23-17-41(33-53(45)59)37-19-27-55-49(29-37)47-25-26-48-50-30-38(20-28-56(50)62-58(48)57(47)61-55)42-18-24-46-44-22-16-40(36-13-9-6-10-14-36)32-52(44)60(3,4)54(46)34-42/h5-34H,1-4H3. The van der Waals surface area contributed by atoms with Crippen LogP contribution in [0.2, 0.25) is 0 Å². The van der Waals surface area contributed by atoms with Crippen LogP contribution in [0.1, 0.15) is 49.9 Å². The lowest BCUT2D eigenvalue weighted by atomic mass is 9.81. The third-order valence-electron chi connectivity index (χ3n) is 14.3. The summed E-state index contributed by atoms with van der Waals surface area (Å²) < 4.78 is 13.3. The molecule has 2 heterocycles. The predicted molar refractivity (Wildman–Crippen MR) is 258 cm³/mol. The molecule has 0 atom stereocenters. The fourth-order valence-electron chi connectivity index (χ4n) is 10.9. The monoisotopic (exact) mass is 794 g/mol. The normalized spacial score (nSPS) is 14.4. The van der Waals surface area contributed by atoms with E-state index in [-0.39, 0.29) is 10.8 Å². The minimum absolute atomic E-state index is 0.124. The van der Waals surface area contributed by atoms with E-state index in [0.717, 1.165) is 43.9 Å². The van der Waals surface area contributed by atoms with Crippen LogP contribution in [0.3, 0.4) is 0 Å². The van der Waals surface area contributed by atoms with E-state index in [2.05, 4.69) is 210 Å². The first-order valence-corrected chi connectivity index (χ1v) is 21.7. The highest BCUT2D eigenvalue weighted by Gasteiger charge is 2.37. The van der Waals surface area contributed by atoms with E-state index >= 15 is 0 Å². The first-order valence-electron chi connectivity index (χ1n) is 21.7. The van der Waals surface area contributed by atoms with Gasteiger partial charge in [-0.25, -0.2) is 0 Å². The number of benzene rings is 9. The summed E-state index contributed by atoms with van der Waals surface area (Å²) in [6, 6.07) is 66.9. The SMILES string of the molecule is CC1(C)c2cc(-c3ccccc3)ccc2-c2ccc(-c3ccc4oc5c(ccc6c7cc(-c8ccc9c(c8)C(C)(C)c8cc(-c%10ccccc%10)ccc8-9)ccc7oc65)c4c3)cc21. The van der Waals surface area contributed by atoms with Gasteiger partial charge in [0, 0.05) is 32.4 Å². The molecule has 0 spiro atoms. The van der Waals surface area contributed by atoms with Crippen LogP contribution < -0.4 is 0 Å². The van der Waals surface area contributed by atoms with Crippen LogP contribution in [0.15, 0.2) is 191 Å². The average Bonchev–Trinajstić information content (AvgIpc) is 4.01. The molecule has 2 aliphatic carbocycles. The van der Waals surface area contributed by atoms with Crippen molar-refractivity contribution in [3.8, 4) is 66.8 Å². The highest BCUT2D eigenvalue weighted by atomic mass is 16.4. The number of rotatable bonds is 4. The number of furan rings is 2. The molecule has 13 rings (SSSR count). The molecule has 0 bridgehead atoms. The van der Waals surface area contributed by atoms with Gasteiger partial charge in [-0.3, -0.25) is 0 Å². The smallest absolute Gasteiger partial charge is 0.178 e. The molecule has 2 aromatic heterocycles. The molecule has 11 aromatic rings. The Morgan fingerprint density at radius 1 is 0.274 bits per heavy atom. The number of hydrogen-bond donors (Lipinski definition) is 0. The van der Waals surface area contributed by atoms with E-state index < -0.39 is 0 Å². The minimum Gasteiger partial charge on any atom is -0.452 e. The predicted octanol–water partition coefficient (Wildman–Crippen LogP) is 16.8. The Morgan fingerprint density at radius 2 is 0.581 bits per heavy atom. The van der Waals surface area contributed by atoms with E-state index in [9.17, 15) is 0 Å². The molecule has 0 unspecified atom stereocenters. The Kier molecular flexibility index (Phi) is 7.16. The quantitative estimate of drug-likeness (QED) is 0.177. The molecule has 0 saturated carbocycles. The molecule has 2 nitrogen and oxygen atoms in total. The average molecular weight is 795 g/mol. The zero-order valence-corrected chi connectivity index (χ0v) is 35.1. The van der Waals surface area contributed by atoms with Crippen molar-refractivity contribution < 1.29 is 8.83 Å². The summed E-state index contributed by atoms with van der Waals surface area (Å²) in [5.41, 5.74) is 23.6. The largest absolute Gasteiger partial charge is 0.452 e. The van der Waals surface area contributed by atoms with Crippen molar-refractivity contribution in [2.75, 3.05) is 0 Å². The molecule has 294 valence electrons. The topological polar surface area (TPSA) is 26.3 Å². The first kappa shape index (κ1) is 35.3. The zero-order chi connectivity index (χ0) is 41.5. The summed E-state index contributed by atoms with van der Waals surface area (Å²) >= 11 is 0. The van der Waals surface area contributed by atoms with Crippen molar-refractivity contribution in [3.63, 3.8) is 0 Å². The zero-order valence-electron chi connectivity index (χ0n) is 35.1. The Morgan fingerprint density at radius 3 is 0.935 bits per heavy atom. The maximum absolute atomic E-state index is 6.64.